The van der Waals surface area contributed by atoms with Crippen molar-refractivity contribution < 1.29 is 0 Å². The molecule has 1 aromatic heterocycles. The Labute approximate surface area is 96.3 Å². The summed E-state index contributed by atoms with van der Waals surface area (Å²) in [5.74, 6) is 0.990. The lowest BCUT2D eigenvalue weighted by atomic mass is 9.91. The Morgan fingerprint density at radius 3 is 2.56 bits per heavy atom. The molecule has 0 unspecified atom stereocenters. The van der Waals surface area contributed by atoms with Gasteiger partial charge in [-0.1, -0.05) is 20.8 Å². The molecule has 0 spiro atoms. The molecule has 1 fully saturated rings. The quantitative estimate of drug-likeness (QED) is 0.751. The first-order valence-electron chi connectivity index (χ1n) is 5.73. The molecule has 5 heteroatoms. The number of nitrogens with zero attached hydrogens (tertiary/aromatic N) is 4. The number of hydrogen-bond donors (Lipinski definition) is 1. The summed E-state index contributed by atoms with van der Waals surface area (Å²) in [6.45, 7) is 10.4. The van der Waals surface area contributed by atoms with Crippen molar-refractivity contribution in [3.63, 3.8) is 0 Å². The fourth-order valence-electron chi connectivity index (χ4n) is 1.86. The smallest absolute Gasteiger partial charge is 0.154 e. The third-order valence-corrected chi connectivity index (χ3v) is 2.73. The minimum Gasteiger partial charge on any atom is -0.352 e. The van der Waals surface area contributed by atoms with Gasteiger partial charge in [-0.05, 0) is 0 Å². The Kier molecular flexibility index (Phi) is 3.05. The topological polar surface area (TPSA) is 53.9 Å². The number of rotatable bonds is 1. The average molecular weight is 221 g/mol. The lowest BCUT2D eigenvalue weighted by molar-refractivity contribution is 0.534. The molecule has 0 aromatic carbocycles. The fraction of sp³-hybridized carbons (Fsp3) is 0.727. The van der Waals surface area contributed by atoms with E-state index in [1.165, 1.54) is 6.33 Å². The molecular formula is C11H19N5. The third kappa shape index (κ3) is 2.29. The van der Waals surface area contributed by atoms with Crippen molar-refractivity contribution in [2.24, 2.45) is 0 Å². The van der Waals surface area contributed by atoms with E-state index in [-0.39, 0.29) is 5.41 Å². The highest BCUT2D eigenvalue weighted by molar-refractivity contribution is 5.46. The molecule has 5 nitrogen and oxygen atoms in total. The van der Waals surface area contributed by atoms with Crippen LogP contribution in [-0.4, -0.2) is 41.4 Å². The fourth-order valence-corrected chi connectivity index (χ4v) is 1.86. The normalized spacial score (nSPS) is 17.6. The second-order valence-electron chi connectivity index (χ2n) is 5.12. The SMILES string of the molecule is CC(C)(C)c1nncnc1N1CCNCC1. The van der Waals surface area contributed by atoms with E-state index in [9.17, 15) is 0 Å². The molecule has 1 aliphatic rings. The standard InChI is InChI=1S/C11H19N5/c1-11(2,3)9-10(13-8-14-15-9)16-6-4-12-5-7-16/h8,12H,4-7H2,1-3H3. The molecule has 0 amide bonds. The van der Waals surface area contributed by atoms with Crippen molar-refractivity contribution in [3.8, 4) is 0 Å². The number of piperazine rings is 1. The molecule has 0 saturated carbocycles. The largest absolute Gasteiger partial charge is 0.352 e. The second kappa shape index (κ2) is 4.33. The van der Waals surface area contributed by atoms with E-state index in [0.29, 0.717) is 0 Å². The van der Waals surface area contributed by atoms with Crippen molar-refractivity contribution >= 4 is 5.82 Å². The summed E-state index contributed by atoms with van der Waals surface area (Å²) in [5.41, 5.74) is 0.971. The summed E-state index contributed by atoms with van der Waals surface area (Å²) in [7, 11) is 0. The van der Waals surface area contributed by atoms with Gasteiger partial charge in [0.15, 0.2) is 5.82 Å². The molecule has 0 atom stereocenters. The van der Waals surface area contributed by atoms with Crippen LogP contribution >= 0.6 is 0 Å². The molecule has 1 N–H and O–H groups in total. The number of hydrogen-bond acceptors (Lipinski definition) is 5. The van der Waals surface area contributed by atoms with Crippen LogP contribution in [0.2, 0.25) is 0 Å². The average Bonchev–Trinajstić information content (AvgIpc) is 2.29. The van der Waals surface area contributed by atoms with Gasteiger partial charge in [-0.25, -0.2) is 4.98 Å². The van der Waals surface area contributed by atoms with Gasteiger partial charge in [-0.15, -0.1) is 10.2 Å². The summed E-state index contributed by atoms with van der Waals surface area (Å²) in [6.07, 6.45) is 1.53. The van der Waals surface area contributed by atoms with Crippen LogP contribution in [0.3, 0.4) is 0 Å². The van der Waals surface area contributed by atoms with Gasteiger partial charge in [-0.2, -0.15) is 0 Å². The van der Waals surface area contributed by atoms with Crippen LogP contribution in [0.5, 0.6) is 0 Å². The molecule has 0 aliphatic carbocycles. The zero-order valence-electron chi connectivity index (χ0n) is 10.2. The Hall–Kier alpha value is -1.23. The summed E-state index contributed by atoms with van der Waals surface area (Å²) < 4.78 is 0. The van der Waals surface area contributed by atoms with Crippen molar-refractivity contribution in [1.82, 2.24) is 20.5 Å². The van der Waals surface area contributed by atoms with Gasteiger partial charge in [0.2, 0.25) is 0 Å². The Balaban J connectivity index is 2.32. The second-order valence-corrected chi connectivity index (χ2v) is 5.12. The van der Waals surface area contributed by atoms with Gasteiger partial charge in [0.05, 0.1) is 0 Å². The zero-order chi connectivity index (χ0) is 11.6. The lowest BCUT2D eigenvalue weighted by Gasteiger charge is -2.31. The minimum atomic E-state index is -0.0124. The van der Waals surface area contributed by atoms with E-state index in [0.717, 1.165) is 37.7 Å². The molecule has 2 rings (SSSR count). The van der Waals surface area contributed by atoms with E-state index >= 15 is 0 Å². The Bertz CT molecular complexity index is 352. The van der Waals surface area contributed by atoms with Gasteiger partial charge >= 0.3 is 0 Å². The molecular weight excluding hydrogens is 202 g/mol. The summed E-state index contributed by atoms with van der Waals surface area (Å²) in [4.78, 5) is 6.68. The van der Waals surface area contributed by atoms with Crippen LogP contribution in [0, 0.1) is 0 Å². The summed E-state index contributed by atoms with van der Waals surface area (Å²) >= 11 is 0. The minimum absolute atomic E-state index is 0.0124. The van der Waals surface area contributed by atoms with Crippen LogP contribution in [-0.2, 0) is 5.41 Å². The van der Waals surface area contributed by atoms with Crippen LogP contribution in [0.15, 0.2) is 6.33 Å². The van der Waals surface area contributed by atoms with E-state index in [4.69, 9.17) is 0 Å². The predicted molar refractivity (Wildman–Crippen MR) is 63.6 cm³/mol. The van der Waals surface area contributed by atoms with Crippen LogP contribution < -0.4 is 10.2 Å². The molecule has 0 bridgehead atoms. The van der Waals surface area contributed by atoms with Gasteiger partial charge in [0.25, 0.3) is 0 Å². The van der Waals surface area contributed by atoms with E-state index in [1.807, 2.05) is 0 Å². The van der Waals surface area contributed by atoms with Crippen molar-refractivity contribution in [3.05, 3.63) is 12.0 Å². The van der Waals surface area contributed by atoms with Crippen molar-refractivity contribution in [2.45, 2.75) is 26.2 Å². The maximum absolute atomic E-state index is 4.39. The maximum Gasteiger partial charge on any atom is 0.154 e. The molecule has 2 heterocycles. The van der Waals surface area contributed by atoms with E-state index in [2.05, 4.69) is 46.2 Å². The zero-order valence-corrected chi connectivity index (χ0v) is 10.2. The van der Waals surface area contributed by atoms with E-state index < -0.39 is 0 Å². The first-order chi connectivity index (χ1) is 7.59. The van der Waals surface area contributed by atoms with Gasteiger partial charge in [-0.3, -0.25) is 0 Å². The monoisotopic (exact) mass is 221 g/mol. The number of anilines is 1. The highest BCUT2D eigenvalue weighted by Crippen LogP contribution is 2.27. The van der Waals surface area contributed by atoms with Gasteiger partial charge in [0, 0.05) is 31.6 Å². The Morgan fingerprint density at radius 2 is 1.94 bits per heavy atom. The molecule has 1 aliphatic heterocycles. The highest BCUT2D eigenvalue weighted by Gasteiger charge is 2.25. The Morgan fingerprint density at radius 1 is 1.25 bits per heavy atom. The first kappa shape index (κ1) is 11.3. The van der Waals surface area contributed by atoms with Crippen molar-refractivity contribution in [2.75, 3.05) is 31.1 Å². The summed E-state index contributed by atoms with van der Waals surface area (Å²) in [6, 6.07) is 0. The maximum atomic E-state index is 4.39. The molecule has 1 aromatic rings. The van der Waals surface area contributed by atoms with Crippen molar-refractivity contribution in [1.29, 1.82) is 0 Å². The van der Waals surface area contributed by atoms with Crippen LogP contribution in [0.1, 0.15) is 26.5 Å². The van der Waals surface area contributed by atoms with Crippen LogP contribution in [0.25, 0.3) is 0 Å². The first-order valence-corrected chi connectivity index (χ1v) is 5.73. The number of nitrogens with one attached hydrogen (secondary N) is 1. The predicted octanol–water partition coefficient (Wildman–Crippen LogP) is 0.579. The third-order valence-electron chi connectivity index (χ3n) is 2.73. The number of aromatic nitrogens is 3. The molecule has 88 valence electrons. The molecule has 0 radical (unpaired) electrons. The molecule has 16 heavy (non-hydrogen) atoms. The van der Waals surface area contributed by atoms with Gasteiger partial charge in [0.1, 0.15) is 12.0 Å². The van der Waals surface area contributed by atoms with Gasteiger partial charge < -0.3 is 10.2 Å². The summed E-state index contributed by atoms with van der Waals surface area (Å²) in [5, 5.41) is 11.5. The molecule has 1 saturated heterocycles. The highest BCUT2D eigenvalue weighted by atomic mass is 15.3. The van der Waals surface area contributed by atoms with E-state index in [1.54, 1.807) is 0 Å². The lowest BCUT2D eigenvalue weighted by Crippen LogP contribution is -2.45. The van der Waals surface area contributed by atoms with Crippen LogP contribution in [0.4, 0.5) is 5.82 Å².